The van der Waals surface area contributed by atoms with Gasteiger partial charge in [0, 0.05) is 15.6 Å². The zero-order valence-electron chi connectivity index (χ0n) is 11.7. The third-order valence-corrected chi connectivity index (χ3v) is 4.18. The van der Waals surface area contributed by atoms with E-state index in [1.54, 1.807) is 18.2 Å². The molecule has 0 saturated heterocycles. The molecule has 1 unspecified atom stereocenters. The van der Waals surface area contributed by atoms with E-state index in [2.05, 4.69) is 5.32 Å². The number of hydrogen-bond acceptors (Lipinski definition) is 2. The van der Waals surface area contributed by atoms with Gasteiger partial charge < -0.3 is 10.1 Å². The number of alkyl halides is 3. The Morgan fingerprint density at radius 3 is 2.08 bits per heavy atom. The molecule has 0 aliphatic rings. The van der Waals surface area contributed by atoms with Crippen molar-refractivity contribution in [2.24, 2.45) is 0 Å². The Balaban J connectivity index is 2.19. The van der Waals surface area contributed by atoms with Crippen LogP contribution in [0.2, 0.25) is 15.1 Å². The van der Waals surface area contributed by atoms with Crippen molar-refractivity contribution in [3.8, 4) is 5.75 Å². The number of ether oxygens (including phenoxy) is 1. The molecule has 2 aromatic carbocycles. The summed E-state index contributed by atoms with van der Waals surface area (Å²) in [6.45, 7) is 0. The molecule has 2 aromatic rings. The van der Waals surface area contributed by atoms with Crippen LogP contribution in [0, 0.1) is 0 Å². The fourth-order valence-electron chi connectivity index (χ4n) is 1.68. The van der Waals surface area contributed by atoms with E-state index in [1.165, 1.54) is 24.3 Å². The number of nitrogens with one attached hydrogen (secondary N) is 1. The topological polar surface area (TPSA) is 38.3 Å². The van der Waals surface area contributed by atoms with Crippen molar-refractivity contribution in [2.75, 3.05) is 0 Å². The molecule has 0 radical (unpaired) electrons. The van der Waals surface area contributed by atoms with Gasteiger partial charge in [-0.2, -0.15) is 0 Å². The van der Waals surface area contributed by atoms with Crippen LogP contribution >= 0.6 is 69.6 Å². The third-order valence-electron chi connectivity index (χ3n) is 2.80. The highest BCUT2D eigenvalue weighted by Crippen LogP contribution is 2.35. The summed E-state index contributed by atoms with van der Waals surface area (Å²) in [5, 5.41) is 3.62. The monoisotopic (exact) mass is 445 g/mol. The lowest BCUT2D eigenvalue weighted by atomic mass is 10.2. The van der Waals surface area contributed by atoms with Gasteiger partial charge in [-0.15, -0.1) is 0 Å². The summed E-state index contributed by atoms with van der Waals surface area (Å²) in [6, 6.07) is 10.7. The average molecular weight is 448 g/mol. The fourth-order valence-corrected chi connectivity index (χ4v) is 2.56. The van der Waals surface area contributed by atoms with Gasteiger partial charge in [-0.1, -0.05) is 69.6 Å². The maximum atomic E-state index is 12.3. The van der Waals surface area contributed by atoms with Crippen LogP contribution in [-0.2, 0) is 0 Å². The molecule has 0 bridgehead atoms. The second-order valence-electron chi connectivity index (χ2n) is 4.59. The molecule has 1 N–H and O–H groups in total. The zero-order chi connectivity index (χ0) is 17.9. The predicted molar refractivity (Wildman–Crippen MR) is 100 cm³/mol. The van der Waals surface area contributed by atoms with E-state index in [4.69, 9.17) is 74.3 Å². The van der Waals surface area contributed by atoms with Crippen molar-refractivity contribution in [1.29, 1.82) is 0 Å². The highest BCUT2D eigenvalue weighted by molar-refractivity contribution is 6.68. The van der Waals surface area contributed by atoms with Crippen LogP contribution < -0.4 is 10.1 Å². The Kier molecular flexibility index (Phi) is 6.77. The van der Waals surface area contributed by atoms with Gasteiger partial charge in [-0.3, -0.25) is 4.79 Å². The van der Waals surface area contributed by atoms with Crippen molar-refractivity contribution < 1.29 is 9.53 Å². The zero-order valence-corrected chi connectivity index (χ0v) is 16.2. The summed E-state index contributed by atoms with van der Waals surface area (Å²) in [6.07, 6.45) is -1.29. The molecule has 0 spiro atoms. The molecule has 0 heterocycles. The van der Waals surface area contributed by atoms with E-state index in [-0.39, 0.29) is 10.8 Å². The lowest BCUT2D eigenvalue weighted by Crippen LogP contribution is -2.47. The van der Waals surface area contributed by atoms with Crippen molar-refractivity contribution in [3.05, 3.63) is 63.1 Å². The lowest BCUT2D eigenvalue weighted by Gasteiger charge is -2.26. The molecule has 24 heavy (non-hydrogen) atoms. The highest BCUT2D eigenvalue weighted by Gasteiger charge is 2.36. The summed E-state index contributed by atoms with van der Waals surface area (Å²) in [4.78, 5) is 12.3. The first-order valence-corrected chi connectivity index (χ1v) is 8.68. The van der Waals surface area contributed by atoms with E-state index < -0.39 is 15.9 Å². The SMILES string of the molecule is O=C(NC(Oc1ccc(Cl)cc1Cl)C(Cl)(Cl)Cl)c1ccc(Cl)cc1. The molecule has 1 amide bonds. The largest absolute Gasteiger partial charge is 0.464 e. The number of benzene rings is 2. The molecule has 128 valence electrons. The Hall–Kier alpha value is -0.550. The number of amides is 1. The second-order valence-corrected chi connectivity index (χ2v) is 8.24. The maximum absolute atomic E-state index is 12.3. The minimum atomic E-state index is -1.94. The number of carbonyl (C=O) groups excluding carboxylic acids is 1. The Morgan fingerprint density at radius 1 is 0.958 bits per heavy atom. The fraction of sp³-hybridized carbons (Fsp3) is 0.133. The summed E-state index contributed by atoms with van der Waals surface area (Å²) in [5.74, 6) is -0.304. The highest BCUT2D eigenvalue weighted by atomic mass is 35.6. The maximum Gasteiger partial charge on any atom is 0.254 e. The minimum Gasteiger partial charge on any atom is -0.464 e. The summed E-state index contributed by atoms with van der Waals surface area (Å²) in [7, 11) is 0. The normalized spacial score (nSPS) is 12.6. The number of rotatable bonds is 4. The molecule has 0 saturated carbocycles. The number of halogens is 6. The second kappa shape index (κ2) is 8.22. The van der Waals surface area contributed by atoms with Gasteiger partial charge in [0.05, 0.1) is 5.02 Å². The predicted octanol–water partition coefficient (Wildman–Crippen LogP) is 6.15. The van der Waals surface area contributed by atoms with Crippen LogP contribution in [0.5, 0.6) is 5.75 Å². The minimum absolute atomic E-state index is 0.203. The van der Waals surface area contributed by atoms with Crippen molar-refractivity contribution in [1.82, 2.24) is 5.32 Å². The molecule has 0 aliphatic carbocycles. The van der Waals surface area contributed by atoms with Crippen LogP contribution in [0.1, 0.15) is 10.4 Å². The molecule has 1 atom stereocenters. The quantitative estimate of drug-likeness (QED) is 0.450. The van der Waals surface area contributed by atoms with Gasteiger partial charge in [0.2, 0.25) is 10.0 Å². The van der Waals surface area contributed by atoms with Crippen LogP contribution in [0.3, 0.4) is 0 Å². The first kappa shape index (κ1) is 19.8. The molecule has 0 aromatic heterocycles. The molecule has 0 fully saturated rings. The van der Waals surface area contributed by atoms with Crippen molar-refractivity contribution >= 4 is 75.5 Å². The Labute approximate surface area is 168 Å². The van der Waals surface area contributed by atoms with E-state index in [9.17, 15) is 4.79 Å². The van der Waals surface area contributed by atoms with Gasteiger partial charge in [0.1, 0.15) is 5.75 Å². The lowest BCUT2D eigenvalue weighted by molar-refractivity contribution is 0.0833. The summed E-state index contributed by atoms with van der Waals surface area (Å²) >= 11 is 35.3. The Morgan fingerprint density at radius 2 is 1.54 bits per heavy atom. The van der Waals surface area contributed by atoms with E-state index in [0.717, 1.165) is 0 Å². The van der Waals surface area contributed by atoms with Crippen LogP contribution in [0.15, 0.2) is 42.5 Å². The first-order valence-electron chi connectivity index (χ1n) is 6.41. The van der Waals surface area contributed by atoms with Gasteiger partial charge in [0.25, 0.3) is 5.91 Å². The summed E-state index contributed by atoms with van der Waals surface area (Å²) < 4.78 is 3.60. The van der Waals surface area contributed by atoms with Gasteiger partial charge in [0.15, 0.2) is 0 Å². The van der Waals surface area contributed by atoms with Crippen LogP contribution in [0.4, 0.5) is 0 Å². The number of carbonyl (C=O) groups is 1. The van der Waals surface area contributed by atoms with Gasteiger partial charge >= 0.3 is 0 Å². The number of hydrogen-bond donors (Lipinski definition) is 1. The average Bonchev–Trinajstić information content (AvgIpc) is 2.48. The molecule has 9 heteroatoms. The van der Waals surface area contributed by atoms with Crippen LogP contribution in [0.25, 0.3) is 0 Å². The molecule has 3 nitrogen and oxygen atoms in total. The molecule has 2 rings (SSSR count). The van der Waals surface area contributed by atoms with Crippen molar-refractivity contribution in [2.45, 2.75) is 10.0 Å². The van der Waals surface area contributed by atoms with Gasteiger partial charge in [-0.25, -0.2) is 0 Å². The van der Waals surface area contributed by atoms with Gasteiger partial charge in [-0.05, 0) is 42.5 Å². The standard InChI is InChI=1S/C15H9Cl6NO2/c16-9-3-1-8(2-4-9)13(23)22-14(15(19,20)21)24-12-6-5-10(17)7-11(12)18/h1-7,14H,(H,22,23). The smallest absolute Gasteiger partial charge is 0.254 e. The molecule has 0 aliphatic heterocycles. The first-order chi connectivity index (χ1) is 11.2. The third kappa shape index (κ3) is 5.48. The van der Waals surface area contributed by atoms with E-state index in [0.29, 0.717) is 15.6 Å². The van der Waals surface area contributed by atoms with E-state index >= 15 is 0 Å². The summed E-state index contributed by atoms with van der Waals surface area (Å²) in [5.41, 5.74) is 0.324. The van der Waals surface area contributed by atoms with Crippen LogP contribution in [-0.4, -0.2) is 15.9 Å². The van der Waals surface area contributed by atoms with Crippen molar-refractivity contribution in [3.63, 3.8) is 0 Å². The van der Waals surface area contributed by atoms with E-state index in [1.807, 2.05) is 0 Å². The Bertz CT molecular complexity index is 730. The molecular formula is C15H9Cl6NO2. The molecular weight excluding hydrogens is 439 g/mol.